The van der Waals surface area contributed by atoms with Crippen molar-refractivity contribution in [1.82, 2.24) is 4.72 Å². The fourth-order valence-corrected chi connectivity index (χ4v) is 4.78. The summed E-state index contributed by atoms with van der Waals surface area (Å²) in [5.74, 6) is -1.57. The molecule has 10 heteroatoms. The van der Waals surface area contributed by atoms with Crippen LogP contribution in [-0.4, -0.2) is 46.3 Å². The van der Waals surface area contributed by atoms with Crippen LogP contribution >= 0.6 is 0 Å². The van der Waals surface area contributed by atoms with Gasteiger partial charge in [0.15, 0.2) is 12.4 Å². The molecule has 1 aliphatic heterocycles. The van der Waals surface area contributed by atoms with Crippen molar-refractivity contribution in [3.8, 4) is 0 Å². The minimum Gasteiger partial charge on any atom is -0.456 e. The van der Waals surface area contributed by atoms with E-state index in [1.165, 1.54) is 37.3 Å². The first-order valence-electron chi connectivity index (χ1n) is 10.5. The van der Waals surface area contributed by atoms with Crippen LogP contribution in [0.25, 0.3) is 0 Å². The molecule has 0 bridgehead atoms. The zero-order valence-electron chi connectivity index (χ0n) is 19.4. The molecule has 2 N–H and O–H groups in total. The number of sulfonamides is 1. The van der Waals surface area contributed by atoms with Crippen LogP contribution in [-0.2, 0) is 34.6 Å². The van der Waals surface area contributed by atoms with Crippen molar-refractivity contribution in [3.63, 3.8) is 0 Å². The Morgan fingerprint density at radius 3 is 2.32 bits per heavy atom. The number of nitrogens with zero attached hydrogens (tertiary/aromatic N) is 1. The largest absolute Gasteiger partial charge is 0.456 e. The average Bonchev–Trinajstić information content (AvgIpc) is 2.97. The van der Waals surface area contributed by atoms with Crippen molar-refractivity contribution in [3.05, 3.63) is 65.9 Å². The second-order valence-corrected chi connectivity index (χ2v) is 10.2. The Labute approximate surface area is 198 Å². The first-order valence-corrected chi connectivity index (χ1v) is 12.0. The van der Waals surface area contributed by atoms with Gasteiger partial charge in [-0.1, -0.05) is 32.0 Å². The fraction of sp³-hybridized carbons (Fsp3) is 0.292. The number of esters is 1. The summed E-state index contributed by atoms with van der Waals surface area (Å²) in [6, 6.07) is 13.3. The van der Waals surface area contributed by atoms with Gasteiger partial charge in [0, 0.05) is 42.5 Å². The quantitative estimate of drug-likeness (QED) is 0.435. The molecular formula is C24H27N3O6S. The predicted molar refractivity (Wildman–Crippen MR) is 128 cm³/mol. The molecule has 180 valence electrons. The number of anilines is 2. The highest BCUT2D eigenvalue weighted by molar-refractivity contribution is 7.89. The number of hydrogen-bond acceptors (Lipinski definition) is 7. The van der Waals surface area contributed by atoms with E-state index in [1.54, 1.807) is 0 Å². The van der Waals surface area contributed by atoms with Gasteiger partial charge >= 0.3 is 5.97 Å². The maximum Gasteiger partial charge on any atom is 0.321 e. The van der Waals surface area contributed by atoms with Gasteiger partial charge < -0.3 is 15.0 Å². The second kappa shape index (κ2) is 9.78. The van der Waals surface area contributed by atoms with Crippen LogP contribution in [0.3, 0.4) is 0 Å². The van der Waals surface area contributed by atoms with Crippen molar-refractivity contribution < 1.29 is 27.5 Å². The number of rotatable bonds is 8. The van der Waals surface area contributed by atoms with Gasteiger partial charge in [0.1, 0.15) is 6.54 Å². The highest BCUT2D eigenvalue weighted by Gasteiger charge is 2.38. The summed E-state index contributed by atoms with van der Waals surface area (Å²) in [5.41, 5.74) is 2.92. The standard InChI is InChI=1S/C24H27N3O6S/c1-16(28)26-17-9-11-19(12-10-17)34(31,32)25-14-23(30)33-15-18(29)13-22-24(2,3)20-7-5-6-8-21(20)27(22)4/h5-13,25H,14-15H2,1-4H3,(H,26,28)/b22-13-. The van der Waals surface area contributed by atoms with E-state index >= 15 is 0 Å². The highest BCUT2D eigenvalue weighted by atomic mass is 32.2. The zero-order valence-corrected chi connectivity index (χ0v) is 20.2. The maximum atomic E-state index is 12.5. The molecule has 34 heavy (non-hydrogen) atoms. The summed E-state index contributed by atoms with van der Waals surface area (Å²) < 4.78 is 31.8. The van der Waals surface area contributed by atoms with Gasteiger partial charge in [0.2, 0.25) is 15.9 Å². The number of benzene rings is 2. The Bertz CT molecular complexity index is 1250. The van der Waals surface area contributed by atoms with Gasteiger partial charge in [-0.25, -0.2) is 8.42 Å². The first-order chi connectivity index (χ1) is 15.9. The van der Waals surface area contributed by atoms with E-state index in [9.17, 15) is 22.8 Å². The van der Waals surface area contributed by atoms with E-state index in [0.717, 1.165) is 16.9 Å². The smallest absolute Gasteiger partial charge is 0.321 e. The minimum absolute atomic E-state index is 0.0821. The third-order valence-electron chi connectivity index (χ3n) is 5.51. The van der Waals surface area contributed by atoms with Crippen molar-refractivity contribution in [2.24, 2.45) is 0 Å². The Morgan fingerprint density at radius 2 is 1.71 bits per heavy atom. The van der Waals surface area contributed by atoms with E-state index in [4.69, 9.17) is 4.74 Å². The number of amides is 1. The zero-order chi connectivity index (χ0) is 25.1. The van der Waals surface area contributed by atoms with Crippen LogP contribution in [0.1, 0.15) is 26.3 Å². The van der Waals surface area contributed by atoms with Gasteiger partial charge in [0.05, 0.1) is 4.90 Å². The predicted octanol–water partition coefficient (Wildman–Crippen LogP) is 2.35. The minimum atomic E-state index is -3.98. The number of ether oxygens (including phenoxy) is 1. The molecule has 0 aromatic heterocycles. The number of likely N-dealkylation sites (N-methyl/N-ethyl adjacent to an activating group) is 1. The monoisotopic (exact) mass is 485 g/mol. The molecular weight excluding hydrogens is 458 g/mol. The molecule has 1 heterocycles. The SMILES string of the molecule is CC(=O)Nc1ccc(S(=O)(=O)NCC(=O)OCC(=O)/C=C2\N(C)c3ccccc3C2(C)C)cc1. The Hall–Kier alpha value is -3.50. The number of carbonyl (C=O) groups excluding carboxylic acids is 3. The lowest BCUT2D eigenvalue weighted by Gasteiger charge is -2.23. The Balaban J connectivity index is 1.55. The third kappa shape index (κ3) is 5.52. The number of ketones is 1. The molecule has 9 nitrogen and oxygen atoms in total. The van der Waals surface area contributed by atoms with Crippen LogP contribution in [0.4, 0.5) is 11.4 Å². The van der Waals surface area contributed by atoms with Gasteiger partial charge in [-0.15, -0.1) is 0 Å². The van der Waals surface area contributed by atoms with Gasteiger partial charge in [0.25, 0.3) is 0 Å². The Morgan fingerprint density at radius 1 is 1.06 bits per heavy atom. The summed E-state index contributed by atoms with van der Waals surface area (Å²) >= 11 is 0. The van der Waals surface area contributed by atoms with Crippen molar-refractivity contribution in [2.75, 3.05) is 30.4 Å². The Kier molecular flexibility index (Phi) is 7.23. The summed E-state index contributed by atoms with van der Waals surface area (Å²) in [4.78, 5) is 37.4. The number of carbonyl (C=O) groups is 3. The molecule has 0 radical (unpaired) electrons. The van der Waals surface area contributed by atoms with E-state index in [1.807, 2.05) is 50.1 Å². The molecule has 0 atom stereocenters. The summed E-state index contributed by atoms with van der Waals surface area (Å²) in [5, 5.41) is 2.53. The molecule has 2 aromatic rings. The first kappa shape index (κ1) is 25.1. The van der Waals surface area contributed by atoms with E-state index in [0.29, 0.717) is 5.69 Å². The van der Waals surface area contributed by atoms with Crippen LogP contribution in [0, 0.1) is 0 Å². The van der Waals surface area contributed by atoms with Crippen LogP contribution in [0.2, 0.25) is 0 Å². The molecule has 2 aromatic carbocycles. The lowest BCUT2D eigenvalue weighted by atomic mass is 9.83. The molecule has 1 aliphatic rings. The van der Waals surface area contributed by atoms with Crippen molar-refractivity contribution in [1.29, 1.82) is 0 Å². The number of hydrogen-bond donors (Lipinski definition) is 2. The summed E-state index contributed by atoms with van der Waals surface area (Å²) in [7, 11) is -2.11. The third-order valence-corrected chi connectivity index (χ3v) is 6.92. The number of nitrogens with one attached hydrogen (secondary N) is 2. The molecule has 0 aliphatic carbocycles. The molecule has 3 rings (SSSR count). The summed E-state index contributed by atoms with van der Waals surface area (Å²) in [6.07, 6.45) is 1.45. The van der Waals surface area contributed by atoms with Crippen LogP contribution in [0.5, 0.6) is 0 Å². The average molecular weight is 486 g/mol. The number of allylic oxidation sites excluding steroid dienone is 1. The van der Waals surface area contributed by atoms with Crippen LogP contribution < -0.4 is 14.9 Å². The summed E-state index contributed by atoms with van der Waals surface area (Å²) in [6.45, 7) is 4.23. The lowest BCUT2D eigenvalue weighted by molar-refractivity contribution is -0.145. The van der Waals surface area contributed by atoms with Gasteiger partial charge in [-0.3, -0.25) is 14.4 Å². The van der Waals surface area contributed by atoms with E-state index in [2.05, 4.69) is 10.0 Å². The normalized spacial score (nSPS) is 15.6. The molecule has 0 spiro atoms. The molecule has 0 saturated heterocycles. The maximum absolute atomic E-state index is 12.5. The number of para-hydroxylation sites is 1. The van der Waals surface area contributed by atoms with Crippen molar-refractivity contribution in [2.45, 2.75) is 31.1 Å². The van der Waals surface area contributed by atoms with Gasteiger partial charge in [-0.2, -0.15) is 4.72 Å². The topological polar surface area (TPSA) is 122 Å². The molecule has 0 fully saturated rings. The van der Waals surface area contributed by atoms with Crippen molar-refractivity contribution >= 4 is 39.1 Å². The van der Waals surface area contributed by atoms with E-state index < -0.39 is 40.3 Å². The number of fused-ring (bicyclic) bond motifs is 1. The second-order valence-electron chi connectivity index (χ2n) is 8.39. The van der Waals surface area contributed by atoms with Crippen LogP contribution in [0.15, 0.2) is 65.2 Å². The molecule has 0 saturated carbocycles. The van der Waals surface area contributed by atoms with Gasteiger partial charge in [-0.05, 0) is 35.9 Å². The fourth-order valence-electron chi connectivity index (χ4n) is 3.81. The molecule has 0 unspecified atom stereocenters. The highest BCUT2D eigenvalue weighted by Crippen LogP contribution is 2.46. The molecule has 1 amide bonds. The van der Waals surface area contributed by atoms with E-state index in [-0.39, 0.29) is 10.8 Å². The lowest BCUT2D eigenvalue weighted by Crippen LogP contribution is -2.31.